The predicted octanol–water partition coefficient (Wildman–Crippen LogP) is 4.86. The summed E-state index contributed by atoms with van der Waals surface area (Å²) in [6.45, 7) is 3.71. The van der Waals surface area contributed by atoms with Crippen molar-refractivity contribution in [1.29, 1.82) is 0 Å². The third-order valence-corrected chi connectivity index (χ3v) is 6.58. The second-order valence-corrected chi connectivity index (χ2v) is 9.24. The second-order valence-electron chi connectivity index (χ2n) is 8.89. The summed E-state index contributed by atoms with van der Waals surface area (Å²) in [5.41, 5.74) is 2.97. The standard InChI is InChI=1S/C27H23ClFN3O5/c1-15-3-7-17(8-4-15)26(33)36-13-21-23(37-27(34)18-9-5-16(2)6-10-18)20(12-35-21)32-11-19(29)22-24(28)30-14-31-25(22)32/h3-11,14,20-21,23H,12-13H2,1-2H3. The number of carbonyl (C=O) groups excluding carboxylic acids is 2. The van der Waals surface area contributed by atoms with Crippen molar-refractivity contribution in [2.24, 2.45) is 0 Å². The third kappa shape index (κ3) is 5.05. The zero-order valence-electron chi connectivity index (χ0n) is 20.1. The van der Waals surface area contributed by atoms with E-state index in [1.807, 2.05) is 26.0 Å². The second kappa shape index (κ2) is 10.3. The highest BCUT2D eigenvalue weighted by molar-refractivity contribution is 6.34. The average molecular weight is 524 g/mol. The molecule has 0 amide bonds. The van der Waals surface area contributed by atoms with Crippen LogP contribution >= 0.6 is 11.6 Å². The molecule has 1 aliphatic rings. The molecule has 2 aromatic carbocycles. The maximum absolute atomic E-state index is 14.8. The SMILES string of the molecule is Cc1ccc(C(=O)OCC2OCC(n3cc(F)c4c(Cl)ncnc43)C2OC(=O)c2ccc(C)cc2)cc1. The summed E-state index contributed by atoms with van der Waals surface area (Å²) in [7, 11) is 0. The fourth-order valence-electron chi connectivity index (χ4n) is 4.27. The number of rotatable bonds is 6. The minimum atomic E-state index is -0.914. The highest BCUT2D eigenvalue weighted by Gasteiger charge is 2.43. The Kier molecular flexibility index (Phi) is 6.90. The fraction of sp³-hybridized carbons (Fsp3) is 0.259. The van der Waals surface area contributed by atoms with Crippen LogP contribution in [0.1, 0.15) is 37.9 Å². The van der Waals surface area contributed by atoms with Gasteiger partial charge in [0.25, 0.3) is 0 Å². The molecule has 0 bridgehead atoms. The van der Waals surface area contributed by atoms with Crippen LogP contribution < -0.4 is 0 Å². The van der Waals surface area contributed by atoms with Crippen LogP contribution in [-0.2, 0) is 14.2 Å². The summed E-state index contributed by atoms with van der Waals surface area (Å²) < 4.78 is 33.6. The van der Waals surface area contributed by atoms with Gasteiger partial charge in [0.05, 0.1) is 29.2 Å². The summed E-state index contributed by atoms with van der Waals surface area (Å²) in [5.74, 6) is -1.73. The first-order valence-electron chi connectivity index (χ1n) is 11.6. The summed E-state index contributed by atoms with van der Waals surface area (Å²) >= 11 is 6.10. The number of aryl methyl sites for hydroxylation is 2. The molecule has 8 nitrogen and oxygen atoms in total. The van der Waals surface area contributed by atoms with E-state index in [1.54, 1.807) is 36.4 Å². The van der Waals surface area contributed by atoms with E-state index in [4.69, 9.17) is 25.8 Å². The van der Waals surface area contributed by atoms with Crippen LogP contribution in [-0.4, -0.2) is 51.9 Å². The lowest BCUT2D eigenvalue weighted by Crippen LogP contribution is -2.36. The lowest BCUT2D eigenvalue weighted by molar-refractivity contribution is -0.0307. The fourth-order valence-corrected chi connectivity index (χ4v) is 4.48. The number of hydrogen-bond donors (Lipinski definition) is 0. The minimum absolute atomic E-state index is 0.0306. The van der Waals surface area contributed by atoms with E-state index < -0.39 is 36.0 Å². The first-order chi connectivity index (χ1) is 17.8. The topological polar surface area (TPSA) is 92.5 Å². The highest BCUT2D eigenvalue weighted by Crippen LogP contribution is 2.34. The van der Waals surface area contributed by atoms with Crippen molar-refractivity contribution < 1.29 is 28.2 Å². The number of esters is 2. The van der Waals surface area contributed by atoms with Gasteiger partial charge in [0.15, 0.2) is 11.9 Å². The van der Waals surface area contributed by atoms with Crippen LogP contribution in [0.3, 0.4) is 0 Å². The van der Waals surface area contributed by atoms with Gasteiger partial charge >= 0.3 is 11.9 Å². The first kappa shape index (κ1) is 24.9. The summed E-state index contributed by atoms with van der Waals surface area (Å²) in [6.07, 6.45) is 0.743. The zero-order valence-corrected chi connectivity index (χ0v) is 20.8. The van der Waals surface area contributed by atoms with Crippen molar-refractivity contribution in [1.82, 2.24) is 14.5 Å². The van der Waals surface area contributed by atoms with Gasteiger partial charge in [-0.15, -0.1) is 0 Å². The van der Waals surface area contributed by atoms with Crippen molar-refractivity contribution in [3.63, 3.8) is 0 Å². The molecule has 0 spiro atoms. The molecule has 10 heteroatoms. The van der Waals surface area contributed by atoms with Crippen LogP contribution in [0.4, 0.5) is 4.39 Å². The van der Waals surface area contributed by atoms with Crippen LogP contribution in [0.2, 0.25) is 5.15 Å². The molecular weight excluding hydrogens is 501 g/mol. The van der Waals surface area contributed by atoms with E-state index in [0.717, 1.165) is 11.1 Å². The van der Waals surface area contributed by atoms with Crippen molar-refractivity contribution >= 4 is 34.6 Å². The van der Waals surface area contributed by atoms with Gasteiger partial charge in [0, 0.05) is 6.20 Å². The van der Waals surface area contributed by atoms with E-state index >= 15 is 0 Å². The van der Waals surface area contributed by atoms with Crippen molar-refractivity contribution in [3.8, 4) is 0 Å². The Bertz CT molecular complexity index is 1460. The van der Waals surface area contributed by atoms with E-state index in [0.29, 0.717) is 11.1 Å². The molecule has 0 radical (unpaired) electrons. The largest absolute Gasteiger partial charge is 0.459 e. The molecule has 190 valence electrons. The van der Waals surface area contributed by atoms with Crippen LogP contribution in [0, 0.1) is 19.7 Å². The maximum atomic E-state index is 14.8. The molecular formula is C27H23ClFN3O5. The smallest absolute Gasteiger partial charge is 0.338 e. The molecule has 3 heterocycles. The molecule has 0 aliphatic carbocycles. The number of aromatic nitrogens is 3. The average Bonchev–Trinajstić information content (AvgIpc) is 3.44. The summed E-state index contributed by atoms with van der Waals surface area (Å²) in [6, 6.07) is 13.2. The van der Waals surface area contributed by atoms with Crippen LogP contribution in [0.5, 0.6) is 0 Å². The molecule has 5 rings (SSSR count). The van der Waals surface area contributed by atoms with E-state index in [-0.39, 0.29) is 29.4 Å². The maximum Gasteiger partial charge on any atom is 0.338 e. The molecule has 1 saturated heterocycles. The van der Waals surface area contributed by atoms with Crippen molar-refractivity contribution in [2.75, 3.05) is 13.2 Å². The molecule has 3 unspecified atom stereocenters. The predicted molar refractivity (Wildman–Crippen MR) is 133 cm³/mol. The first-order valence-corrected chi connectivity index (χ1v) is 12.0. The van der Waals surface area contributed by atoms with Crippen molar-refractivity contribution in [2.45, 2.75) is 32.1 Å². The van der Waals surface area contributed by atoms with Crippen LogP contribution in [0.25, 0.3) is 11.0 Å². The highest BCUT2D eigenvalue weighted by atomic mass is 35.5. The Balaban J connectivity index is 1.42. The number of halogens is 2. The summed E-state index contributed by atoms with van der Waals surface area (Å²) in [4.78, 5) is 33.7. The lowest BCUT2D eigenvalue weighted by atomic mass is 10.1. The van der Waals surface area contributed by atoms with Gasteiger partial charge in [-0.3, -0.25) is 0 Å². The molecule has 4 aromatic rings. The molecule has 1 aliphatic heterocycles. The molecule has 3 atom stereocenters. The number of nitrogens with zero attached hydrogens (tertiary/aromatic N) is 3. The molecule has 0 saturated carbocycles. The Morgan fingerprint density at radius 1 is 1.03 bits per heavy atom. The normalized spacial score (nSPS) is 19.2. The number of carbonyl (C=O) groups is 2. The van der Waals surface area contributed by atoms with E-state index in [9.17, 15) is 14.0 Å². The van der Waals surface area contributed by atoms with Gasteiger partial charge in [-0.2, -0.15) is 0 Å². The van der Waals surface area contributed by atoms with Gasteiger partial charge in [-0.25, -0.2) is 23.9 Å². The molecule has 37 heavy (non-hydrogen) atoms. The van der Waals surface area contributed by atoms with Gasteiger partial charge in [0.2, 0.25) is 0 Å². The number of ether oxygens (including phenoxy) is 3. The van der Waals surface area contributed by atoms with Crippen LogP contribution in [0.15, 0.2) is 61.1 Å². The Morgan fingerprint density at radius 3 is 2.30 bits per heavy atom. The number of hydrogen-bond acceptors (Lipinski definition) is 7. The Hall–Kier alpha value is -3.82. The van der Waals surface area contributed by atoms with E-state index in [1.165, 1.54) is 17.1 Å². The third-order valence-electron chi connectivity index (χ3n) is 6.30. The quantitative estimate of drug-likeness (QED) is 0.263. The monoisotopic (exact) mass is 523 g/mol. The molecule has 2 aromatic heterocycles. The molecule has 1 fully saturated rings. The van der Waals surface area contributed by atoms with Gasteiger partial charge < -0.3 is 18.8 Å². The number of benzene rings is 2. The zero-order chi connectivity index (χ0) is 26.1. The molecule has 0 N–H and O–H groups in total. The van der Waals surface area contributed by atoms with Gasteiger partial charge in [-0.1, -0.05) is 47.0 Å². The number of fused-ring (bicyclic) bond motifs is 1. The minimum Gasteiger partial charge on any atom is -0.459 e. The summed E-state index contributed by atoms with van der Waals surface area (Å²) in [5, 5.41) is 0.0268. The van der Waals surface area contributed by atoms with Gasteiger partial charge in [-0.05, 0) is 38.1 Å². The van der Waals surface area contributed by atoms with E-state index in [2.05, 4.69) is 9.97 Å². The Labute approximate surface area is 216 Å². The van der Waals surface area contributed by atoms with Crippen molar-refractivity contribution in [3.05, 3.63) is 94.3 Å². The Morgan fingerprint density at radius 2 is 1.65 bits per heavy atom. The lowest BCUT2D eigenvalue weighted by Gasteiger charge is -2.24. The van der Waals surface area contributed by atoms with Gasteiger partial charge in [0.1, 0.15) is 29.8 Å².